The second kappa shape index (κ2) is 40.8. The molecular weight excluding hydrogens is 608 g/mol. The Morgan fingerprint density at radius 1 is 0.469 bits per heavy atom. The summed E-state index contributed by atoms with van der Waals surface area (Å²) in [4.78, 5) is 24.1. The summed E-state index contributed by atoms with van der Waals surface area (Å²) in [5.41, 5.74) is 0. The SMILES string of the molecule is CCCCCCC/C=C\C/C=C\CCCCCCCCCCCCCCCCCC(=O)OC(CO)COC(=O)CCCCCCCCCC. The van der Waals surface area contributed by atoms with Crippen molar-refractivity contribution in [2.75, 3.05) is 13.2 Å². The fraction of sp³-hybridized carbons (Fsp3) is 0.864. The first-order valence-corrected chi connectivity index (χ1v) is 21.4. The van der Waals surface area contributed by atoms with E-state index in [0.29, 0.717) is 12.8 Å². The highest BCUT2D eigenvalue weighted by Crippen LogP contribution is 2.15. The molecule has 0 rings (SSSR count). The number of rotatable bonds is 39. The Labute approximate surface area is 304 Å². The quantitative estimate of drug-likeness (QED) is 0.0395. The molecule has 0 aromatic heterocycles. The van der Waals surface area contributed by atoms with Gasteiger partial charge in [0.05, 0.1) is 6.61 Å². The largest absolute Gasteiger partial charge is 0.462 e. The van der Waals surface area contributed by atoms with E-state index in [-0.39, 0.29) is 25.2 Å². The van der Waals surface area contributed by atoms with Crippen LogP contribution in [-0.4, -0.2) is 36.4 Å². The summed E-state index contributed by atoms with van der Waals surface area (Å²) >= 11 is 0. The Morgan fingerprint density at radius 2 is 0.816 bits per heavy atom. The van der Waals surface area contributed by atoms with Gasteiger partial charge in [-0.1, -0.05) is 192 Å². The first-order chi connectivity index (χ1) is 24.1. The molecule has 0 fully saturated rings. The topological polar surface area (TPSA) is 72.8 Å². The number of esters is 2. The van der Waals surface area contributed by atoms with Crippen LogP contribution in [0.3, 0.4) is 0 Å². The molecule has 0 saturated carbocycles. The number of carbonyl (C=O) groups excluding carboxylic acids is 2. The van der Waals surface area contributed by atoms with Gasteiger partial charge in [-0.05, 0) is 44.9 Å². The van der Waals surface area contributed by atoms with E-state index in [0.717, 1.165) is 44.9 Å². The van der Waals surface area contributed by atoms with Gasteiger partial charge in [-0.3, -0.25) is 9.59 Å². The molecule has 0 radical (unpaired) electrons. The summed E-state index contributed by atoms with van der Waals surface area (Å²) in [7, 11) is 0. The van der Waals surface area contributed by atoms with E-state index < -0.39 is 6.10 Å². The zero-order valence-electron chi connectivity index (χ0n) is 32.7. The second-order valence-corrected chi connectivity index (χ2v) is 14.4. The van der Waals surface area contributed by atoms with Crippen LogP contribution in [0, 0.1) is 0 Å². The van der Waals surface area contributed by atoms with Crippen molar-refractivity contribution in [1.82, 2.24) is 0 Å². The summed E-state index contributed by atoms with van der Waals surface area (Å²) < 4.78 is 10.6. The molecule has 0 aromatic carbocycles. The molecule has 5 heteroatoms. The second-order valence-electron chi connectivity index (χ2n) is 14.4. The lowest BCUT2D eigenvalue weighted by Gasteiger charge is -2.15. The van der Waals surface area contributed by atoms with Gasteiger partial charge in [-0.2, -0.15) is 0 Å². The van der Waals surface area contributed by atoms with Crippen LogP contribution in [0.4, 0.5) is 0 Å². The first-order valence-electron chi connectivity index (χ1n) is 21.4. The molecule has 0 aliphatic carbocycles. The minimum atomic E-state index is -0.764. The molecule has 0 aliphatic rings. The molecule has 0 saturated heterocycles. The van der Waals surface area contributed by atoms with E-state index in [2.05, 4.69) is 38.2 Å². The molecule has 288 valence electrons. The lowest BCUT2D eigenvalue weighted by molar-refractivity contribution is -0.161. The summed E-state index contributed by atoms with van der Waals surface area (Å²) in [6.45, 7) is 4.11. The minimum Gasteiger partial charge on any atom is -0.462 e. The van der Waals surface area contributed by atoms with Crippen LogP contribution in [0.5, 0.6) is 0 Å². The zero-order chi connectivity index (χ0) is 35.7. The third kappa shape index (κ3) is 39.0. The number of unbranched alkanes of at least 4 members (excludes halogenated alkanes) is 27. The molecule has 49 heavy (non-hydrogen) atoms. The van der Waals surface area contributed by atoms with Gasteiger partial charge >= 0.3 is 11.9 Å². The third-order valence-corrected chi connectivity index (χ3v) is 9.50. The Morgan fingerprint density at radius 3 is 1.20 bits per heavy atom. The van der Waals surface area contributed by atoms with Crippen LogP contribution in [0.25, 0.3) is 0 Å². The smallest absolute Gasteiger partial charge is 0.306 e. The average molecular weight is 691 g/mol. The van der Waals surface area contributed by atoms with Crippen molar-refractivity contribution in [3.8, 4) is 0 Å². The van der Waals surface area contributed by atoms with Crippen molar-refractivity contribution in [3.05, 3.63) is 24.3 Å². The molecule has 0 amide bonds. The van der Waals surface area contributed by atoms with Gasteiger partial charge < -0.3 is 14.6 Å². The van der Waals surface area contributed by atoms with E-state index in [4.69, 9.17) is 9.47 Å². The van der Waals surface area contributed by atoms with E-state index in [1.807, 2.05) is 0 Å². The predicted molar refractivity (Wildman–Crippen MR) is 210 cm³/mol. The van der Waals surface area contributed by atoms with E-state index in [9.17, 15) is 14.7 Å². The Bertz CT molecular complexity index is 746. The Balaban J connectivity index is 3.43. The number of ether oxygens (including phenoxy) is 2. The van der Waals surface area contributed by atoms with E-state index in [1.54, 1.807) is 0 Å². The molecule has 0 heterocycles. The van der Waals surface area contributed by atoms with Crippen LogP contribution < -0.4 is 0 Å². The van der Waals surface area contributed by atoms with Gasteiger partial charge in [-0.15, -0.1) is 0 Å². The molecular formula is C44H82O5. The molecule has 5 nitrogen and oxygen atoms in total. The van der Waals surface area contributed by atoms with Crippen molar-refractivity contribution < 1.29 is 24.2 Å². The number of allylic oxidation sites excluding steroid dienone is 4. The van der Waals surface area contributed by atoms with Gasteiger partial charge in [0.25, 0.3) is 0 Å². The normalized spacial score (nSPS) is 12.3. The highest BCUT2D eigenvalue weighted by molar-refractivity contribution is 5.70. The lowest BCUT2D eigenvalue weighted by atomic mass is 10.0. The minimum absolute atomic E-state index is 0.0614. The van der Waals surface area contributed by atoms with Crippen LogP contribution in [0.1, 0.15) is 226 Å². The number of aliphatic hydroxyl groups is 1. The summed E-state index contributed by atoms with van der Waals surface area (Å²) in [5, 5.41) is 9.52. The van der Waals surface area contributed by atoms with Crippen molar-refractivity contribution in [2.24, 2.45) is 0 Å². The molecule has 1 atom stereocenters. The summed E-state index contributed by atoms with van der Waals surface area (Å²) in [6, 6.07) is 0. The van der Waals surface area contributed by atoms with Crippen molar-refractivity contribution in [2.45, 2.75) is 232 Å². The van der Waals surface area contributed by atoms with Crippen LogP contribution in [-0.2, 0) is 19.1 Å². The standard InChI is InChI=1S/C44H82O5/c1-3-5-7-9-11-13-14-15-16-17-18-19-20-21-22-23-24-25-26-27-28-29-30-31-33-35-37-39-44(47)49-42(40-45)41-48-43(46)38-36-34-32-12-10-8-6-4-2/h14-15,17-18,42,45H,3-13,16,19-41H2,1-2H3/b15-14-,18-17-. The lowest BCUT2D eigenvalue weighted by Crippen LogP contribution is -2.28. The molecule has 0 aromatic rings. The fourth-order valence-electron chi connectivity index (χ4n) is 6.23. The molecule has 0 bridgehead atoms. The first kappa shape index (κ1) is 47.4. The van der Waals surface area contributed by atoms with Gasteiger partial charge in [0.2, 0.25) is 0 Å². The van der Waals surface area contributed by atoms with Crippen LogP contribution in [0.2, 0.25) is 0 Å². The van der Waals surface area contributed by atoms with Gasteiger partial charge in [-0.25, -0.2) is 0 Å². The molecule has 0 aliphatic heterocycles. The summed E-state index contributed by atoms with van der Waals surface area (Å²) in [5.74, 6) is -0.587. The molecule has 0 spiro atoms. The highest BCUT2D eigenvalue weighted by Gasteiger charge is 2.16. The highest BCUT2D eigenvalue weighted by atomic mass is 16.6. The maximum absolute atomic E-state index is 12.2. The number of hydrogen-bond donors (Lipinski definition) is 1. The van der Waals surface area contributed by atoms with Crippen molar-refractivity contribution in [3.63, 3.8) is 0 Å². The monoisotopic (exact) mass is 691 g/mol. The Kier molecular flexibility index (Phi) is 39.5. The molecule has 1 N–H and O–H groups in total. The third-order valence-electron chi connectivity index (χ3n) is 9.50. The number of hydrogen-bond acceptors (Lipinski definition) is 5. The average Bonchev–Trinajstić information content (AvgIpc) is 3.10. The van der Waals surface area contributed by atoms with Crippen molar-refractivity contribution >= 4 is 11.9 Å². The number of aliphatic hydroxyl groups excluding tert-OH is 1. The maximum Gasteiger partial charge on any atom is 0.306 e. The van der Waals surface area contributed by atoms with Crippen molar-refractivity contribution in [1.29, 1.82) is 0 Å². The maximum atomic E-state index is 12.2. The summed E-state index contributed by atoms with van der Waals surface area (Å²) in [6.07, 6.45) is 48.4. The number of carbonyl (C=O) groups is 2. The van der Waals surface area contributed by atoms with E-state index >= 15 is 0 Å². The van der Waals surface area contributed by atoms with Crippen LogP contribution >= 0.6 is 0 Å². The predicted octanol–water partition coefficient (Wildman–Crippen LogP) is 13.5. The van der Waals surface area contributed by atoms with Crippen LogP contribution in [0.15, 0.2) is 24.3 Å². The van der Waals surface area contributed by atoms with Gasteiger partial charge in [0.1, 0.15) is 6.61 Å². The van der Waals surface area contributed by atoms with Gasteiger partial charge in [0.15, 0.2) is 6.10 Å². The molecule has 1 unspecified atom stereocenters. The fourth-order valence-corrected chi connectivity index (χ4v) is 6.23. The Hall–Kier alpha value is -1.62. The zero-order valence-corrected chi connectivity index (χ0v) is 32.7. The van der Waals surface area contributed by atoms with Gasteiger partial charge in [0, 0.05) is 12.8 Å². The van der Waals surface area contributed by atoms with E-state index in [1.165, 1.54) is 154 Å².